The molecule has 112 valence electrons. The summed E-state index contributed by atoms with van der Waals surface area (Å²) >= 11 is 0. The second-order valence-electron chi connectivity index (χ2n) is 5.71. The molecule has 0 atom stereocenters. The Balaban J connectivity index is 2.48. The Bertz CT molecular complexity index is 743. The summed E-state index contributed by atoms with van der Waals surface area (Å²) in [5, 5.41) is 0. The molecule has 22 heavy (non-hydrogen) atoms. The smallest absolute Gasteiger partial charge is 0.0146 e. The van der Waals surface area contributed by atoms with E-state index >= 15 is 0 Å². The molecule has 0 aliphatic carbocycles. The van der Waals surface area contributed by atoms with Crippen LogP contribution in [0, 0.1) is 20.8 Å². The van der Waals surface area contributed by atoms with Gasteiger partial charge in [0, 0.05) is 0 Å². The van der Waals surface area contributed by atoms with E-state index in [4.69, 9.17) is 0 Å². The van der Waals surface area contributed by atoms with E-state index in [0.29, 0.717) is 0 Å². The van der Waals surface area contributed by atoms with Gasteiger partial charge < -0.3 is 0 Å². The molecule has 2 rings (SSSR count). The van der Waals surface area contributed by atoms with Crippen molar-refractivity contribution in [3.63, 3.8) is 0 Å². The summed E-state index contributed by atoms with van der Waals surface area (Å²) < 4.78 is 0. The first-order valence-corrected chi connectivity index (χ1v) is 7.70. The second kappa shape index (κ2) is 7.09. The molecule has 0 amide bonds. The highest BCUT2D eigenvalue weighted by molar-refractivity contribution is 5.81. The number of hydrogen-bond donors (Lipinski definition) is 0. The molecule has 0 saturated carbocycles. The van der Waals surface area contributed by atoms with E-state index in [1.807, 2.05) is 25.2 Å². The molecular formula is C22H24. The van der Waals surface area contributed by atoms with Gasteiger partial charge >= 0.3 is 0 Å². The Labute approximate surface area is 134 Å². The molecule has 0 radical (unpaired) electrons. The molecule has 2 aromatic carbocycles. The highest BCUT2D eigenvalue weighted by Gasteiger charge is 2.09. The molecule has 0 N–H and O–H groups in total. The van der Waals surface area contributed by atoms with Crippen molar-refractivity contribution in [1.29, 1.82) is 0 Å². The first kappa shape index (κ1) is 16.0. The van der Waals surface area contributed by atoms with Crippen molar-refractivity contribution in [3.8, 4) is 11.1 Å². The van der Waals surface area contributed by atoms with Gasteiger partial charge in [0.25, 0.3) is 0 Å². The quantitative estimate of drug-likeness (QED) is 0.569. The largest absolute Gasteiger partial charge is 0.0911 e. The van der Waals surface area contributed by atoms with Gasteiger partial charge in [-0.1, -0.05) is 72.8 Å². The van der Waals surface area contributed by atoms with E-state index < -0.39 is 0 Å². The predicted molar refractivity (Wildman–Crippen MR) is 99.1 cm³/mol. The number of hydrogen-bond acceptors (Lipinski definition) is 0. The lowest BCUT2D eigenvalue weighted by Crippen LogP contribution is -1.92. The summed E-state index contributed by atoms with van der Waals surface area (Å²) in [6.45, 7) is 12.7. The van der Waals surface area contributed by atoms with Crippen LogP contribution >= 0.6 is 0 Å². The van der Waals surface area contributed by atoms with Gasteiger partial charge in [-0.25, -0.2) is 0 Å². The fourth-order valence-electron chi connectivity index (χ4n) is 2.76. The summed E-state index contributed by atoms with van der Waals surface area (Å²) in [4.78, 5) is 0. The minimum atomic E-state index is 1.04. The van der Waals surface area contributed by atoms with E-state index in [0.717, 1.165) is 5.57 Å². The molecule has 0 saturated heterocycles. The SMILES string of the molecule is C=C(/C=C\C=C/C)c1cccc(-c2ccc(C)cc2C)c1C. The van der Waals surface area contributed by atoms with E-state index in [-0.39, 0.29) is 0 Å². The van der Waals surface area contributed by atoms with Crippen molar-refractivity contribution in [3.05, 3.63) is 89.5 Å². The summed E-state index contributed by atoms with van der Waals surface area (Å²) in [6, 6.07) is 13.1. The van der Waals surface area contributed by atoms with Gasteiger partial charge in [-0.2, -0.15) is 0 Å². The minimum absolute atomic E-state index is 1.04. The number of aryl methyl sites for hydroxylation is 2. The van der Waals surface area contributed by atoms with Gasteiger partial charge in [0.05, 0.1) is 0 Å². The first-order chi connectivity index (χ1) is 10.5. The van der Waals surface area contributed by atoms with Gasteiger partial charge in [0.1, 0.15) is 0 Å². The van der Waals surface area contributed by atoms with Crippen molar-refractivity contribution in [2.75, 3.05) is 0 Å². The molecule has 0 heterocycles. The van der Waals surface area contributed by atoms with Gasteiger partial charge in [-0.15, -0.1) is 0 Å². The molecule has 0 fully saturated rings. The zero-order valence-corrected chi connectivity index (χ0v) is 14.0. The highest BCUT2D eigenvalue weighted by atomic mass is 14.1. The van der Waals surface area contributed by atoms with E-state index in [9.17, 15) is 0 Å². The van der Waals surface area contributed by atoms with Gasteiger partial charge in [-0.05, 0) is 61.1 Å². The van der Waals surface area contributed by atoms with Crippen molar-refractivity contribution in [2.45, 2.75) is 27.7 Å². The van der Waals surface area contributed by atoms with Crippen LogP contribution in [-0.4, -0.2) is 0 Å². The molecular weight excluding hydrogens is 264 g/mol. The Kier molecular flexibility index (Phi) is 5.16. The molecule has 0 aromatic heterocycles. The second-order valence-corrected chi connectivity index (χ2v) is 5.71. The molecule has 0 spiro atoms. The summed E-state index contributed by atoms with van der Waals surface area (Å²) in [7, 11) is 0. The maximum absolute atomic E-state index is 4.21. The van der Waals surface area contributed by atoms with Crippen molar-refractivity contribution < 1.29 is 0 Å². The molecule has 0 unspecified atom stereocenters. The maximum atomic E-state index is 4.21. The van der Waals surface area contributed by atoms with Crippen LogP contribution in [0.5, 0.6) is 0 Å². The predicted octanol–water partition coefficient (Wildman–Crippen LogP) is 6.42. The molecule has 0 nitrogen and oxygen atoms in total. The van der Waals surface area contributed by atoms with Gasteiger partial charge in [-0.3, -0.25) is 0 Å². The van der Waals surface area contributed by atoms with Crippen LogP contribution in [0.4, 0.5) is 0 Å². The average molecular weight is 288 g/mol. The Morgan fingerprint density at radius 1 is 0.955 bits per heavy atom. The van der Waals surface area contributed by atoms with Crippen LogP contribution in [0.15, 0.2) is 67.3 Å². The number of benzene rings is 2. The normalized spacial score (nSPS) is 11.5. The third kappa shape index (κ3) is 3.46. The summed E-state index contributed by atoms with van der Waals surface area (Å²) in [5.74, 6) is 0. The van der Waals surface area contributed by atoms with Crippen molar-refractivity contribution in [1.82, 2.24) is 0 Å². The number of allylic oxidation sites excluding steroid dienone is 5. The lowest BCUT2D eigenvalue weighted by Gasteiger charge is -2.14. The van der Waals surface area contributed by atoms with E-state index in [2.05, 4.69) is 69.8 Å². The third-order valence-electron chi connectivity index (χ3n) is 3.95. The van der Waals surface area contributed by atoms with Crippen molar-refractivity contribution in [2.24, 2.45) is 0 Å². The van der Waals surface area contributed by atoms with E-state index in [1.54, 1.807) is 0 Å². The third-order valence-corrected chi connectivity index (χ3v) is 3.95. The minimum Gasteiger partial charge on any atom is -0.0911 e. The average Bonchev–Trinajstić information content (AvgIpc) is 2.48. The molecule has 0 heteroatoms. The summed E-state index contributed by atoms with van der Waals surface area (Å²) in [6.07, 6.45) is 8.14. The summed E-state index contributed by atoms with van der Waals surface area (Å²) in [5.41, 5.74) is 8.74. The zero-order valence-electron chi connectivity index (χ0n) is 14.0. The fraction of sp³-hybridized carbons (Fsp3) is 0.182. The zero-order chi connectivity index (χ0) is 16.1. The van der Waals surface area contributed by atoms with Crippen molar-refractivity contribution >= 4 is 5.57 Å². The maximum Gasteiger partial charge on any atom is -0.0146 e. The van der Waals surface area contributed by atoms with Crippen LogP contribution < -0.4 is 0 Å². The number of rotatable bonds is 4. The topological polar surface area (TPSA) is 0 Å². The lowest BCUT2D eigenvalue weighted by molar-refractivity contribution is 1.35. The Morgan fingerprint density at radius 2 is 1.73 bits per heavy atom. The Morgan fingerprint density at radius 3 is 2.41 bits per heavy atom. The molecule has 0 aliphatic heterocycles. The van der Waals surface area contributed by atoms with Crippen LogP contribution in [-0.2, 0) is 0 Å². The van der Waals surface area contributed by atoms with Crippen LogP contribution in [0.25, 0.3) is 16.7 Å². The standard InChI is InChI=1S/C22H24/c1-6-7-8-10-17(3)20-11-9-12-22(19(20)5)21-14-13-16(2)15-18(21)4/h6-15H,3H2,1-2,4-5H3/b7-6-,10-8-. The van der Waals surface area contributed by atoms with Gasteiger partial charge in [0.2, 0.25) is 0 Å². The monoisotopic (exact) mass is 288 g/mol. The molecule has 2 aromatic rings. The van der Waals surface area contributed by atoms with Crippen LogP contribution in [0.1, 0.15) is 29.2 Å². The van der Waals surface area contributed by atoms with Gasteiger partial charge in [0.15, 0.2) is 0 Å². The molecule has 0 bridgehead atoms. The van der Waals surface area contributed by atoms with E-state index in [1.165, 1.54) is 33.4 Å². The fourth-order valence-corrected chi connectivity index (χ4v) is 2.76. The Hall–Kier alpha value is -2.34. The highest BCUT2D eigenvalue weighted by Crippen LogP contribution is 2.31. The van der Waals surface area contributed by atoms with Crippen LogP contribution in [0.3, 0.4) is 0 Å². The van der Waals surface area contributed by atoms with Crippen LogP contribution in [0.2, 0.25) is 0 Å². The lowest BCUT2D eigenvalue weighted by atomic mass is 9.90. The first-order valence-electron chi connectivity index (χ1n) is 7.70. The molecule has 0 aliphatic rings.